The maximum Gasteiger partial charge on any atom is 0.410 e. The van der Waals surface area contributed by atoms with Crippen LogP contribution in [0.1, 0.15) is 17.8 Å². The summed E-state index contributed by atoms with van der Waals surface area (Å²) in [5.41, 5.74) is 4.02. The molecule has 0 bridgehead atoms. The van der Waals surface area contributed by atoms with Crippen molar-refractivity contribution >= 4 is 23.1 Å². The normalized spacial score (nSPS) is 17.4. The molecule has 0 saturated carbocycles. The molecule has 1 saturated heterocycles. The van der Waals surface area contributed by atoms with Crippen molar-refractivity contribution in [3.63, 3.8) is 0 Å². The molecule has 42 heavy (non-hydrogen) atoms. The first-order valence-corrected chi connectivity index (χ1v) is 13.7. The summed E-state index contributed by atoms with van der Waals surface area (Å²) in [6.07, 6.45) is 0.274. The molecule has 5 rings (SSSR count). The number of carbonyl (C=O) groups excluding carboxylic acids is 1. The summed E-state index contributed by atoms with van der Waals surface area (Å²) in [6, 6.07) is 15.8. The van der Waals surface area contributed by atoms with Crippen LogP contribution < -0.4 is 10.1 Å². The number of fused-ring (bicyclic) bond motifs is 1. The minimum atomic E-state index is -1.13. The number of methoxy groups -OCH3 is 1. The monoisotopic (exact) mass is 574 g/mol. The Labute approximate surface area is 243 Å². The van der Waals surface area contributed by atoms with Gasteiger partial charge < -0.3 is 29.2 Å². The molecule has 1 aliphatic heterocycles. The van der Waals surface area contributed by atoms with Crippen LogP contribution in [0.3, 0.4) is 0 Å². The van der Waals surface area contributed by atoms with E-state index in [9.17, 15) is 14.7 Å². The van der Waals surface area contributed by atoms with Crippen LogP contribution in [0.5, 0.6) is 6.01 Å². The fraction of sp³-hybridized carbons (Fsp3) is 0.367. The van der Waals surface area contributed by atoms with Crippen molar-refractivity contribution in [1.29, 1.82) is 0 Å². The summed E-state index contributed by atoms with van der Waals surface area (Å²) in [5, 5.41) is 12.9. The summed E-state index contributed by atoms with van der Waals surface area (Å²) in [6.45, 7) is 3.31. The number of aliphatic carboxylic acids is 1. The van der Waals surface area contributed by atoms with Gasteiger partial charge in [-0.05, 0) is 31.7 Å². The molecular weight excluding hydrogens is 540 g/mol. The second-order valence-corrected chi connectivity index (χ2v) is 10.1. The van der Waals surface area contributed by atoms with Crippen molar-refractivity contribution in [2.24, 2.45) is 0 Å². The number of aryl methyl sites for hydroxylation is 1. The molecule has 12 heteroatoms. The average molecular weight is 575 g/mol. The number of rotatable bonds is 11. The Kier molecular flexibility index (Phi) is 8.94. The Balaban J connectivity index is 1.35. The van der Waals surface area contributed by atoms with Crippen molar-refractivity contribution in [3.8, 4) is 17.3 Å². The molecule has 3 heterocycles. The van der Waals surface area contributed by atoms with Crippen molar-refractivity contribution < 1.29 is 28.9 Å². The van der Waals surface area contributed by atoms with Crippen LogP contribution in [0.25, 0.3) is 22.3 Å². The number of carboxylic acid groups (broad SMARTS) is 1. The van der Waals surface area contributed by atoms with Gasteiger partial charge in [0.1, 0.15) is 24.6 Å². The Bertz CT molecular complexity index is 1540. The molecule has 1 aliphatic rings. The molecule has 1 fully saturated rings. The lowest BCUT2D eigenvalue weighted by molar-refractivity contribution is -0.141. The number of aromatic nitrogens is 4. The number of amides is 1. The fourth-order valence-corrected chi connectivity index (χ4v) is 5.20. The highest BCUT2D eigenvalue weighted by Gasteiger charge is 2.42. The number of ether oxygens (including phenoxy) is 3. The highest BCUT2D eigenvalue weighted by Crippen LogP contribution is 2.30. The first-order chi connectivity index (χ1) is 20.4. The minimum absolute atomic E-state index is 0.0313. The lowest BCUT2D eigenvalue weighted by Crippen LogP contribution is -2.40. The number of likely N-dealkylation sites (tertiary alicyclic amines) is 1. The summed E-state index contributed by atoms with van der Waals surface area (Å²) >= 11 is 0. The number of carboxylic acids is 1. The molecule has 12 nitrogen and oxygen atoms in total. The maximum atomic E-state index is 12.8. The van der Waals surface area contributed by atoms with Crippen molar-refractivity contribution in [2.75, 3.05) is 27.2 Å². The number of para-hydroxylation sites is 1. The predicted molar refractivity (Wildman–Crippen MR) is 154 cm³/mol. The van der Waals surface area contributed by atoms with E-state index in [2.05, 4.69) is 19.9 Å². The van der Waals surface area contributed by atoms with E-state index in [0.29, 0.717) is 18.8 Å². The van der Waals surface area contributed by atoms with Crippen molar-refractivity contribution in [2.45, 2.75) is 44.7 Å². The average Bonchev–Trinajstić information content (AvgIpc) is 3.57. The molecule has 3 atom stereocenters. The van der Waals surface area contributed by atoms with E-state index in [4.69, 9.17) is 19.2 Å². The third kappa shape index (κ3) is 6.34. The van der Waals surface area contributed by atoms with E-state index < -0.39 is 24.2 Å². The quantitative estimate of drug-likeness (QED) is 0.274. The van der Waals surface area contributed by atoms with E-state index in [-0.39, 0.29) is 31.7 Å². The topological polar surface area (TPSA) is 141 Å². The maximum absolute atomic E-state index is 12.8. The molecule has 1 amide bonds. The molecule has 220 valence electrons. The Morgan fingerprint density at radius 3 is 2.67 bits per heavy atom. The molecular formula is C30H34N6O6. The summed E-state index contributed by atoms with van der Waals surface area (Å²) in [7, 11) is 3.57. The van der Waals surface area contributed by atoms with Gasteiger partial charge in [-0.25, -0.2) is 19.6 Å². The van der Waals surface area contributed by atoms with Crippen LogP contribution in [0, 0.1) is 6.92 Å². The molecule has 2 N–H and O–H groups in total. The van der Waals surface area contributed by atoms with E-state index >= 15 is 0 Å². The SMILES string of the molecule is CNCC(Cn1c(C)nc2cccc(-c3ccnc(O[C@H]4C[C@@H](C(=O)O)N(C(=O)OCc5ccccc5)C4)n3)c21)OC. The third-order valence-corrected chi connectivity index (χ3v) is 7.28. The number of nitrogens with one attached hydrogen (secondary N) is 1. The second kappa shape index (κ2) is 13.0. The Morgan fingerprint density at radius 2 is 1.93 bits per heavy atom. The molecule has 2 aromatic carbocycles. The zero-order valence-corrected chi connectivity index (χ0v) is 23.8. The highest BCUT2D eigenvalue weighted by molar-refractivity contribution is 5.91. The molecule has 0 aliphatic carbocycles. The summed E-state index contributed by atoms with van der Waals surface area (Å²) in [4.78, 5) is 39.6. The lowest BCUT2D eigenvalue weighted by Gasteiger charge is -2.20. The number of hydrogen-bond acceptors (Lipinski definition) is 9. The zero-order chi connectivity index (χ0) is 29.6. The number of carbonyl (C=O) groups is 2. The van der Waals surface area contributed by atoms with E-state index in [1.807, 2.05) is 62.5 Å². The van der Waals surface area contributed by atoms with Crippen LogP contribution in [-0.2, 0) is 27.4 Å². The number of likely N-dealkylation sites (N-methyl/N-ethyl adjacent to an activating group) is 1. The number of nitrogens with zero attached hydrogens (tertiary/aromatic N) is 5. The molecule has 0 spiro atoms. The van der Waals surface area contributed by atoms with Gasteiger partial charge in [-0.15, -0.1) is 0 Å². The third-order valence-electron chi connectivity index (χ3n) is 7.28. The van der Waals surface area contributed by atoms with Gasteiger partial charge >= 0.3 is 18.1 Å². The Hall–Kier alpha value is -4.55. The predicted octanol–water partition coefficient (Wildman–Crippen LogP) is 3.28. The van der Waals surface area contributed by atoms with E-state index in [0.717, 1.165) is 28.0 Å². The van der Waals surface area contributed by atoms with Crippen LogP contribution in [0.15, 0.2) is 60.8 Å². The Morgan fingerprint density at radius 1 is 1.12 bits per heavy atom. The summed E-state index contributed by atoms with van der Waals surface area (Å²) < 4.78 is 19.2. The highest BCUT2D eigenvalue weighted by atomic mass is 16.6. The molecule has 1 unspecified atom stereocenters. The number of imidazole rings is 1. The van der Waals surface area contributed by atoms with E-state index in [1.165, 1.54) is 4.90 Å². The van der Waals surface area contributed by atoms with Crippen LogP contribution >= 0.6 is 0 Å². The molecule has 2 aromatic heterocycles. The molecule has 0 radical (unpaired) electrons. The van der Waals surface area contributed by atoms with Crippen molar-refractivity contribution in [3.05, 3.63) is 72.2 Å². The fourth-order valence-electron chi connectivity index (χ4n) is 5.20. The van der Waals surface area contributed by atoms with Gasteiger partial charge in [-0.3, -0.25) is 4.90 Å². The van der Waals surface area contributed by atoms with Crippen LogP contribution in [0.2, 0.25) is 0 Å². The largest absolute Gasteiger partial charge is 0.480 e. The number of hydrogen-bond donors (Lipinski definition) is 2. The van der Waals surface area contributed by atoms with Gasteiger partial charge in [0.15, 0.2) is 0 Å². The second-order valence-electron chi connectivity index (χ2n) is 10.1. The smallest absolute Gasteiger partial charge is 0.410 e. The standard InChI is InChI=1S/C30H34N6O6/c1-19-33-25-11-7-10-23(27(25)35(19)17-22(40-3)15-31-2)24-12-13-32-29(34-24)42-21-14-26(28(37)38)36(16-21)30(39)41-18-20-8-5-4-6-9-20/h4-13,21-22,26,31H,14-18H2,1-3H3,(H,37,38)/t21-,22?,26-/m0/s1. The van der Waals surface area contributed by atoms with Crippen LogP contribution in [0.4, 0.5) is 4.79 Å². The summed E-state index contributed by atoms with van der Waals surface area (Å²) in [5.74, 6) is -0.276. The number of benzene rings is 2. The lowest BCUT2D eigenvalue weighted by atomic mass is 10.1. The zero-order valence-electron chi connectivity index (χ0n) is 23.8. The first kappa shape index (κ1) is 29.0. The van der Waals surface area contributed by atoms with Crippen molar-refractivity contribution in [1.82, 2.24) is 29.7 Å². The van der Waals surface area contributed by atoms with Gasteiger partial charge in [0, 0.05) is 31.8 Å². The van der Waals surface area contributed by atoms with E-state index in [1.54, 1.807) is 19.4 Å². The van der Waals surface area contributed by atoms with Gasteiger partial charge in [-0.1, -0.05) is 42.5 Å². The first-order valence-electron chi connectivity index (χ1n) is 13.7. The van der Waals surface area contributed by atoms with Gasteiger partial charge in [0.25, 0.3) is 0 Å². The molecule has 4 aromatic rings. The van der Waals surface area contributed by atoms with Gasteiger partial charge in [0.2, 0.25) is 0 Å². The van der Waals surface area contributed by atoms with Gasteiger partial charge in [-0.2, -0.15) is 4.98 Å². The van der Waals surface area contributed by atoms with Gasteiger partial charge in [0.05, 0.1) is 35.9 Å². The minimum Gasteiger partial charge on any atom is -0.480 e. The van der Waals surface area contributed by atoms with Crippen LogP contribution in [-0.4, -0.2) is 87.1 Å².